The van der Waals surface area contributed by atoms with Crippen molar-refractivity contribution >= 4 is 17.7 Å². The van der Waals surface area contributed by atoms with Crippen molar-refractivity contribution in [3.05, 3.63) is 76.1 Å². The Bertz CT molecular complexity index is 669. The van der Waals surface area contributed by atoms with Gasteiger partial charge < -0.3 is 5.32 Å². The van der Waals surface area contributed by atoms with Crippen LogP contribution in [0.2, 0.25) is 0 Å². The molecule has 0 radical (unpaired) electrons. The van der Waals surface area contributed by atoms with Crippen LogP contribution >= 0.6 is 0 Å². The fourth-order valence-corrected chi connectivity index (χ4v) is 1.66. The summed E-state index contributed by atoms with van der Waals surface area (Å²) in [5.41, 5.74) is 1.54. The van der Waals surface area contributed by atoms with E-state index in [1.807, 2.05) is 12.1 Å². The first-order valence-corrected chi connectivity index (χ1v) is 6.24. The van der Waals surface area contributed by atoms with Gasteiger partial charge in [-0.05, 0) is 29.3 Å². The minimum atomic E-state index is -0.471. The van der Waals surface area contributed by atoms with Crippen LogP contribution < -0.4 is 5.32 Å². The van der Waals surface area contributed by atoms with E-state index < -0.39 is 4.92 Å². The molecule has 2 aromatic rings. The average molecular weight is 283 g/mol. The molecule has 1 heterocycles. The minimum absolute atomic E-state index is 0.00524. The van der Waals surface area contributed by atoms with Crippen LogP contribution in [-0.2, 0) is 11.3 Å². The van der Waals surface area contributed by atoms with E-state index in [0.717, 1.165) is 5.56 Å². The minimum Gasteiger partial charge on any atom is -0.348 e. The molecule has 6 nitrogen and oxygen atoms in total. The average Bonchev–Trinajstić information content (AvgIpc) is 2.52. The van der Waals surface area contributed by atoms with Crippen LogP contribution in [0.25, 0.3) is 6.08 Å². The maximum atomic E-state index is 11.7. The summed E-state index contributed by atoms with van der Waals surface area (Å²) in [5, 5.41) is 13.4. The number of carbonyl (C=O) groups is 1. The largest absolute Gasteiger partial charge is 0.348 e. The Labute approximate surface area is 121 Å². The predicted octanol–water partition coefficient (Wildman–Crippen LogP) is 2.32. The van der Waals surface area contributed by atoms with Crippen molar-refractivity contribution in [2.75, 3.05) is 0 Å². The van der Waals surface area contributed by atoms with E-state index >= 15 is 0 Å². The number of rotatable bonds is 5. The molecule has 0 saturated heterocycles. The van der Waals surface area contributed by atoms with Gasteiger partial charge in [-0.2, -0.15) is 0 Å². The van der Waals surface area contributed by atoms with Crippen LogP contribution in [0, 0.1) is 10.1 Å². The molecule has 0 bridgehead atoms. The second kappa shape index (κ2) is 6.95. The summed E-state index contributed by atoms with van der Waals surface area (Å²) in [6, 6.07) is 9.70. The molecule has 0 saturated carbocycles. The number of hydrogen-bond donors (Lipinski definition) is 1. The van der Waals surface area contributed by atoms with E-state index in [-0.39, 0.29) is 11.6 Å². The van der Waals surface area contributed by atoms with Gasteiger partial charge in [0, 0.05) is 37.1 Å². The van der Waals surface area contributed by atoms with Crippen LogP contribution in [0.4, 0.5) is 5.69 Å². The van der Waals surface area contributed by atoms with Gasteiger partial charge in [0.1, 0.15) is 0 Å². The number of hydrogen-bond acceptors (Lipinski definition) is 4. The van der Waals surface area contributed by atoms with E-state index in [1.165, 1.54) is 24.3 Å². The van der Waals surface area contributed by atoms with Crippen molar-refractivity contribution in [1.82, 2.24) is 10.3 Å². The molecule has 0 aliphatic heterocycles. The topological polar surface area (TPSA) is 85.1 Å². The van der Waals surface area contributed by atoms with Crippen LogP contribution in [0.15, 0.2) is 54.9 Å². The molecule has 0 fully saturated rings. The zero-order valence-electron chi connectivity index (χ0n) is 11.1. The zero-order chi connectivity index (χ0) is 15.1. The van der Waals surface area contributed by atoms with E-state index in [1.54, 1.807) is 24.5 Å². The Hall–Kier alpha value is -3.02. The molecule has 106 valence electrons. The first-order chi connectivity index (χ1) is 10.1. The third-order valence-electron chi connectivity index (χ3n) is 2.72. The maximum Gasteiger partial charge on any atom is 0.270 e. The zero-order valence-corrected chi connectivity index (χ0v) is 11.1. The second-order valence-corrected chi connectivity index (χ2v) is 4.26. The fraction of sp³-hybridized carbons (Fsp3) is 0.0667. The summed E-state index contributed by atoms with van der Waals surface area (Å²) in [7, 11) is 0. The third-order valence-corrected chi connectivity index (χ3v) is 2.72. The monoisotopic (exact) mass is 283 g/mol. The third kappa shape index (κ3) is 4.54. The summed E-state index contributed by atoms with van der Waals surface area (Å²) < 4.78 is 0. The standard InChI is InChI=1S/C15H13N3O3/c19-15(17-11-13-6-8-16-9-7-13)5-4-12-2-1-3-14(10-12)18(20)21/h1-10H,11H2,(H,17,19). The first-order valence-electron chi connectivity index (χ1n) is 6.24. The lowest BCUT2D eigenvalue weighted by Crippen LogP contribution is -2.20. The van der Waals surface area contributed by atoms with Crippen LogP contribution in [0.1, 0.15) is 11.1 Å². The quantitative estimate of drug-likeness (QED) is 0.518. The SMILES string of the molecule is O=C(C=Cc1cccc([N+](=O)[O-])c1)NCc1ccncc1. The van der Waals surface area contributed by atoms with E-state index in [2.05, 4.69) is 10.3 Å². The summed E-state index contributed by atoms with van der Waals surface area (Å²) in [6.07, 6.45) is 6.19. The van der Waals surface area contributed by atoms with Gasteiger partial charge >= 0.3 is 0 Å². The highest BCUT2D eigenvalue weighted by Gasteiger charge is 2.04. The molecule has 0 aliphatic rings. The Kier molecular flexibility index (Phi) is 4.76. The number of carbonyl (C=O) groups excluding carboxylic acids is 1. The highest BCUT2D eigenvalue weighted by Crippen LogP contribution is 2.13. The fourth-order valence-electron chi connectivity index (χ4n) is 1.66. The van der Waals surface area contributed by atoms with Gasteiger partial charge in [0.15, 0.2) is 0 Å². The van der Waals surface area contributed by atoms with Crippen LogP contribution in [0.3, 0.4) is 0 Å². The van der Waals surface area contributed by atoms with Crippen molar-refractivity contribution in [3.63, 3.8) is 0 Å². The summed E-state index contributed by atoms with van der Waals surface area (Å²) >= 11 is 0. The molecule has 0 unspecified atom stereocenters. The molecule has 1 aromatic carbocycles. The molecule has 6 heteroatoms. The summed E-state index contributed by atoms with van der Waals surface area (Å²) in [6.45, 7) is 0.403. The Balaban J connectivity index is 1.93. The predicted molar refractivity (Wildman–Crippen MR) is 78.2 cm³/mol. The van der Waals surface area contributed by atoms with Gasteiger partial charge in [-0.1, -0.05) is 12.1 Å². The Morgan fingerprint density at radius 1 is 1.29 bits per heavy atom. The molecule has 0 atom stereocenters. The Morgan fingerprint density at radius 3 is 2.76 bits per heavy atom. The molecule has 1 aromatic heterocycles. The number of pyridine rings is 1. The van der Waals surface area contributed by atoms with Gasteiger partial charge in [0.2, 0.25) is 5.91 Å². The number of nitrogens with one attached hydrogen (secondary N) is 1. The molecule has 2 rings (SSSR count). The van der Waals surface area contributed by atoms with E-state index in [9.17, 15) is 14.9 Å². The number of nitrogens with zero attached hydrogens (tertiary/aromatic N) is 2. The molecule has 0 spiro atoms. The molecule has 21 heavy (non-hydrogen) atoms. The summed E-state index contributed by atoms with van der Waals surface area (Å²) in [5.74, 6) is -0.265. The number of amides is 1. The van der Waals surface area contributed by atoms with E-state index in [4.69, 9.17) is 0 Å². The number of non-ortho nitro benzene ring substituents is 1. The molecular weight excluding hydrogens is 270 g/mol. The highest BCUT2D eigenvalue weighted by atomic mass is 16.6. The number of benzene rings is 1. The smallest absolute Gasteiger partial charge is 0.270 e. The Morgan fingerprint density at radius 2 is 2.05 bits per heavy atom. The van der Waals surface area contributed by atoms with Crippen LogP contribution in [0.5, 0.6) is 0 Å². The highest BCUT2D eigenvalue weighted by molar-refractivity contribution is 5.91. The second-order valence-electron chi connectivity index (χ2n) is 4.26. The first kappa shape index (κ1) is 14.4. The van der Waals surface area contributed by atoms with Crippen molar-refractivity contribution in [3.8, 4) is 0 Å². The van der Waals surface area contributed by atoms with Gasteiger partial charge in [-0.25, -0.2) is 0 Å². The summed E-state index contributed by atoms with van der Waals surface area (Å²) in [4.78, 5) is 25.7. The van der Waals surface area contributed by atoms with Crippen LogP contribution in [-0.4, -0.2) is 15.8 Å². The number of aromatic nitrogens is 1. The van der Waals surface area contributed by atoms with Crippen molar-refractivity contribution in [1.29, 1.82) is 0 Å². The normalized spacial score (nSPS) is 10.5. The number of nitro benzene ring substituents is 1. The lowest BCUT2D eigenvalue weighted by atomic mass is 10.2. The van der Waals surface area contributed by atoms with Gasteiger partial charge in [0.05, 0.1) is 4.92 Å². The van der Waals surface area contributed by atoms with Gasteiger partial charge in [-0.15, -0.1) is 0 Å². The lowest BCUT2D eigenvalue weighted by Gasteiger charge is -2.01. The maximum absolute atomic E-state index is 11.7. The molecule has 1 amide bonds. The van der Waals surface area contributed by atoms with E-state index in [0.29, 0.717) is 12.1 Å². The van der Waals surface area contributed by atoms with Gasteiger partial charge in [-0.3, -0.25) is 19.9 Å². The number of nitro groups is 1. The van der Waals surface area contributed by atoms with Crippen molar-refractivity contribution in [2.24, 2.45) is 0 Å². The van der Waals surface area contributed by atoms with Crippen molar-refractivity contribution < 1.29 is 9.72 Å². The molecule has 1 N–H and O–H groups in total. The van der Waals surface area contributed by atoms with Crippen molar-refractivity contribution in [2.45, 2.75) is 6.54 Å². The molecular formula is C15H13N3O3. The lowest BCUT2D eigenvalue weighted by molar-refractivity contribution is -0.384. The van der Waals surface area contributed by atoms with Gasteiger partial charge in [0.25, 0.3) is 5.69 Å². The molecule has 0 aliphatic carbocycles.